The van der Waals surface area contributed by atoms with Crippen molar-refractivity contribution in [2.24, 2.45) is 0 Å². The summed E-state index contributed by atoms with van der Waals surface area (Å²) in [5.41, 5.74) is 2.88. The maximum absolute atomic E-state index is 13.1. The summed E-state index contributed by atoms with van der Waals surface area (Å²) in [6.45, 7) is 3.48. The van der Waals surface area contributed by atoms with Crippen molar-refractivity contribution in [1.29, 1.82) is 0 Å². The number of nitrogens with zero attached hydrogens (tertiary/aromatic N) is 1. The van der Waals surface area contributed by atoms with Crippen LogP contribution in [0.2, 0.25) is 0 Å². The number of phosphoric ester groups is 1. The van der Waals surface area contributed by atoms with E-state index in [1.807, 2.05) is 31.2 Å². The Kier molecular flexibility index (Phi) is 10.6. The van der Waals surface area contributed by atoms with Gasteiger partial charge in [0.1, 0.15) is 7.82 Å². The molecule has 2 aromatic carbocycles. The van der Waals surface area contributed by atoms with Crippen LogP contribution in [0.4, 0.5) is 0 Å². The first kappa shape index (κ1) is 28.0. The second-order valence-corrected chi connectivity index (χ2v) is 7.51. The molecule has 3 aromatic rings. The predicted molar refractivity (Wildman–Crippen MR) is 106 cm³/mol. The number of ether oxygens (including phenoxy) is 1. The Balaban J connectivity index is 0.00000240. The number of phosphoric acid groups is 1. The third kappa shape index (κ3) is 7.26. The largest absolute Gasteiger partial charge is 1.00 e. The van der Waals surface area contributed by atoms with Gasteiger partial charge in [0, 0.05) is 16.6 Å². The van der Waals surface area contributed by atoms with Gasteiger partial charge in [0.25, 0.3) is 0 Å². The number of allylic oxidation sites excluding steroid dienone is 1. The molecule has 7 nitrogen and oxygen atoms in total. The minimum Gasteiger partial charge on any atom is -0.780 e. The Hall–Kier alpha value is -0.990. The normalized spacial score (nSPS) is 11.3. The van der Waals surface area contributed by atoms with E-state index >= 15 is 0 Å². The van der Waals surface area contributed by atoms with E-state index in [0.717, 1.165) is 16.6 Å². The second-order valence-electron chi connectivity index (χ2n) is 6.43. The summed E-state index contributed by atoms with van der Waals surface area (Å²) in [4.78, 5) is 39.4. The molecule has 3 rings (SSSR count). The average molecular weight is 457 g/mol. The fourth-order valence-electron chi connectivity index (χ4n) is 3.00. The Bertz CT molecular complexity index is 1180. The molecular weight excluding hydrogens is 439 g/mol. The van der Waals surface area contributed by atoms with Crippen molar-refractivity contribution >= 4 is 30.6 Å². The van der Waals surface area contributed by atoms with Crippen molar-refractivity contribution in [3.63, 3.8) is 0 Å². The Morgan fingerprint density at radius 2 is 1.74 bits per heavy atom. The van der Waals surface area contributed by atoms with Crippen molar-refractivity contribution in [2.45, 2.75) is 13.8 Å². The number of rotatable bonds is 6. The maximum Gasteiger partial charge on any atom is 1.00 e. The fraction of sp³-hybridized carbons (Fsp3) is 0.143. The number of para-hydroxylation sites is 1. The van der Waals surface area contributed by atoms with Gasteiger partial charge in [-0.05, 0) is 55.3 Å². The summed E-state index contributed by atoms with van der Waals surface area (Å²) in [6, 6.07) is 13.5. The molecule has 0 bridgehead atoms. The van der Waals surface area contributed by atoms with Crippen LogP contribution in [0.5, 0.6) is 11.5 Å². The predicted octanol–water partition coefficient (Wildman–Crippen LogP) is -2.95. The van der Waals surface area contributed by atoms with Crippen molar-refractivity contribution in [3.05, 3.63) is 70.9 Å². The minimum atomic E-state index is -5.26. The molecule has 150 valence electrons. The first-order valence-corrected chi connectivity index (χ1v) is 10.1. The van der Waals surface area contributed by atoms with Gasteiger partial charge in [0.15, 0.2) is 17.3 Å². The Labute approximate surface area is 224 Å². The number of aromatic nitrogens is 1. The van der Waals surface area contributed by atoms with Gasteiger partial charge in [-0.1, -0.05) is 24.3 Å². The average Bonchev–Trinajstić information content (AvgIpc) is 2.65. The van der Waals surface area contributed by atoms with E-state index in [-0.39, 0.29) is 76.4 Å². The van der Waals surface area contributed by atoms with E-state index in [1.165, 1.54) is 19.2 Å². The summed E-state index contributed by atoms with van der Waals surface area (Å²) < 4.78 is 20.4. The number of fused-ring (bicyclic) bond motifs is 1. The minimum absolute atomic E-state index is 0. The number of carbonyl (C=O) groups excluding carboxylic acids is 1. The molecule has 1 heterocycles. The molecule has 0 aliphatic rings. The third-order valence-electron chi connectivity index (χ3n) is 4.23. The van der Waals surface area contributed by atoms with Crippen LogP contribution in [0.15, 0.2) is 54.1 Å². The van der Waals surface area contributed by atoms with Crippen LogP contribution in [0.1, 0.15) is 28.5 Å². The molecule has 0 atom stereocenters. The quantitative estimate of drug-likeness (QED) is 0.169. The van der Waals surface area contributed by atoms with Crippen molar-refractivity contribution in [1.82, 2.24) is 4.98 Å². The molecule has 0 spiro atoms. The summed E-state index contributed by atoms with van der Waals surface area (Å²) in [5.74, 6) is -0.336. The van der Waals surface area contributed by atoms with Gasteiger partial charge in [-0.25, -0.2) is 0 Å². The van der Waals surface area contributed by atoms with Crippen molar-refractivity contribution < 1.29 is 87.5 Å². The van der Waals surface area contributed by atoms with E-state index in [0.29, 0.717) is 16.7 Å². The number of ketones is 1. The molecule has 0 fully saturated rings. The molecule has 0 radical (unpaired) electrons. The zero-order chi connectivity index (χ0) is 21.2. The van der Waals surface area contributed by atoms with Crippen LogP contribution in [0, 0.1) is 6.92 Å². The summed E-state index contributed by atoms with van der Waals surface area (Å²) in [5, 5.41) is 0.744. The van der Waals surface area contributed by atoms with E-state index in [2.05, 4.69) is 9.51 Å². The Morgan fingerprint density at radius 1 is 1.06 bits per heavy atom. The first-order valence-electron chi connectivity index (χ1n) is 8.67. The van der Waals surface area contributed by atoms with E-state index < -0.39 is 7.82 Å². The number of benzene rings is 2. The molecule has 0 unspecified atom stereocenters. The molecule has 0 aliphatic heterocycles. The van der Waals surface area contributed by atoms with Gasteiger partial charge < -0.3 is 23.6 Å². The first-order chi connectivity index (χ1) is 13.7. The van der Waals surface area contributed by atoms with Crippen molar-refractivity contribution in [3.8, 4) is 11.5 Å². The molecule has 31 heavy (non-hydrogen) atoms. The Morgan fingerprint density at radius 3 is 2.39 bits per heavy atom. The van der Waals surface area contributed by atoms with Crippen LogP contribution in [0.3, 0.4) is 0 Å². The summed E-state index contributed by atoms with van der Waals surface area (Å²) >= 11 is 0. The number of hydrogen-bond donors (Lipinski definition) is 0. The van der Waals surface area contributed by atoms with E-state index in [1.54, 1.807) is 25.1 Å². The van der Waals surface area contributed by atoms with E-state index in [4.69, 9.17) is 4.74 Å². The SMILES string of the molecule is COc1ccc(C=C(C)C(=O)c2cc(C)nc3ccccc23)cc1OP(=O)([O-])[O-].[Na+].[Na+]. The molecule has 0 N–H and O–H groups in total. The zero-order valence-electron chi connectivity index (χ0n) is 18.0. The summed E-state index contributed by atoms with van der Waals surface area (Å²) in [7, 11) is -3.93. The topological polar surface area (TPSA) is 112 Å². The number of Topliss-reactive ketones (excluding diaryl/α,β-unsaturated/α-hetero) is 1. The number of pyridine rings is 1. The van der Waals surface area contributed by atoms with Crippen LogP contribution < -0.4 is 78.2 Å². The molecule has 10 heteroatoms. The number of aryl methyl sites for hydroxylation is 1. The van der Waals surface area contributed by atoms with E-state index in [9.17, 15) is 19.1 Å². The fourth-order valence-corrected chi connectivity index (χ4v) is 3.38. The van der Waals surface area contributed by atoms with Crippen molar-refractivity contribution in [2.75, 3.05) is 7.11 Å². The molecule has 1 aromatic heterocycles. The number of methoxy groups -OCH3 is 1. The summed E-state index contributed by atoms with van der Waals surface area (Å²) in [6.07, 6.45) is 1.58. The second kappa shape index (κ2) is 11.8. The van der Waals surface area contributed by atoms with Crippen LogP contribution in [-0.4, -0.2) is 17.9 Å². The number of carbonyl (C=O) groups is 1. The van der Waals surface area contributed by atoms with Gasteiger partial charge in [0.2, 0.25) is 0 Å². The molecular formula is C21H18NNa2O6P. The standard InChI is InChI=1S/C21H20NO6P.2Na/c1-13(10-15-8-9-19(27-3)20(12-15)28-29(24,25)26)21(23)17-11-14(2)22-18-7-5-4-6-16(17)18;;/h4-12H,1-3H3,(H2,24,25,26);;/q;2*+1/p-2. The number of hydrogen-bond acceptors (Lipinski definition) is 7. The van der Waals surface area contributed by atoms with Gasteiger partial charge in [-0.2, -0.15) is 0 Å². The molecule has 0 aliphatic carbocycles. The maximum atomic E-state index is 13.1. The van der Waals surface area contributed by atoms with Gasteiger partial charge >= 0.3 is 59.1 Å². The molecule has 0 amide bonds. The van der Waals surface area contributed by atoms with Crippen LogP contribution >= 0.6 is 7.82 Å². The third-order valence-corrected chi connectivity index (χ3v) is 4.65. The molecule has 0 saturated carbocycles. The monoisotopic (exact) mass is 457 g/mol. The van der Waals surface area contributed by atoms with Crippen LogP contribution in [0.25, 0.3) is 17.0 Å². The van der Waals surface area contributed by atoms with Crippen LogP contribution in [-0.2, 0) is 4.57 Å². The smallest absolute Gasteiger partial charge is 0.780 e. The molecule has 0 saturated heterocycles. The zero-order valence-corrected chi connectivity index (χ0v) is 22.9. The van der Waals surface area contributed by atoms with Gasteiger partial charge in [-0.15, -0.1) is 0 Å². The van der Waals surface area contributed by atoms with Gasteiger partial charge in [0.05, 0.1) is 12.6 Å². The van der Waals surface area contributed by atoms with Gasteiger partial charge in [-0.3, -0.25) is 9.78 Å².